The highest BCUT2D eigenvalue weighted by Crippen LogP contribution is 2.42. The Balaban J connectivity index is 1.23. The smallest absolute Gasteiger partial charge is 0.164 e. The molecule has 0 aliphatic rings. The van der Waals surface area contributed by atoms with Crippen LogP contribution in [0.15, 0.2) is 138 Å². The Morgan fingerprint density at radius 3 is 1.89 bits per heavy atom. The summed E-state index contributed by atoms with van der Waals surface area (Å²) in [4.78, 5) is 20.4. The number of furan rings is 1. The molecule has 5 nitrogen and oxygen atoms in total. The number of thiazole rings is 1. The van der Waals surface area contributed by atoms with E-state index in [9.17, 15) is 0 Å². The summed E-state index contributed by atoms with van der Waals surface area (Å²) in [7, 11) is 0. The first-order valence-electron chi connectivity index (χ1n) is 15.3. The molecule has 0 spiro atoms. The monoisotopic (exact) mass is 638 g/mol. The zero-order valence-corrected chi connectivity index (χ0v) is 26.3. The minimum absolute atomic E-state index is 0.599. The van der Waals surface area contributed by atoms with Crippen LogP contribution in [0.25, 0.3) is 97.1 Å². The Labute approximate surface area is 276 Å². The molecule has 0 radical (unpaired) electrons. The Morgan fingerprint density at radius 1 is 0.426 bits per heavy atom. The van der Waals surface area contributed by atoms with E-state index in [1.165, 1.54) is 14.8 Å². The number of hydrogen-bond acceptors (Lipinski definition) is 7. The maximum atomic E-state index is 6.47. The van der Waals surface area contributed by atoms with Crippen molar-refractivity contribution in [3.63, 3.8) is 0 Å². The van der Waals surface area contributed by atoms with Gasteiger partial charge in [-0.2, -0.15) is 0 Å². The number of nitrogens with zero attached hydrogens (tertiary/aromatic N) is 4. The fraction of sp³-hybridized carbons (Fsp3) is 0. The minimum atomic E-state index is 0.599. The topological polar surface area (TPSA) is 64.7 Å². The molecule has 6 aromatic carbocycles. The molecule has 0 saturated heterocycles. The molecule has 0 N–H and O–H groups in total. The lowest BCUT2D eigenvalue weighted by Crippen LogP contribution is -2.00. The quantitative estimate of drug-likeness (QED) is 0.192. The van der Waals surface area contributed by atoms with Crippen LogP contribution in [-0.4, -0.2) is 19.9 Å². The molecule has 0 bridgehead atoms. The van der Waals surface area contributed by atoms with Crippen molar-refractivity contribution in [2.24, 2.45) is 0 Å². The Kier molecular flexibility index (Phi) is 5.85. The van der Waals surface area contributed by atoms with Crippen molar-refractivity contribution in [1.29, 1.82) is 0 Å². The van der Waals surface area contributed by atoms with E-state index in [1.807, 2.05) is 60.7 Å². The molecule has 0 aliphatic heterocycles. The van der Waals surface area contributed by atoms with E-state index in [2.05, 4.69) is 72.8 Å². The average molecular weight is 639 g/mol. The molecular weight excluding hydrogens is 617 g/mol. The van der Waals surface area contributed by atoms with Crippen molar-refractivity contribution < 1.29 is 4.42 Å². The summed E-state index contributed by atoms with van der Waals surface area (Å²) in [6, 6.07) is 45.7. The largest absolute Gasteiger partial charge is 0.456 e. The third kappa shape index (κ3) is 4.28. The zero-order chi connectivity index (χ0) is 30.9. The van der Waals surface area contributed by atoms with E-state index >= 15 is 0 Å². The van der Waals surface area contributed by atoms with Crippen LogP contribution in [0, 0.1) is 0 Å². The van der Waals surface area contributed by atoms with Crippen molar-refractivity contribution >= 4 is 75.0 Å². The number of hydrogen-bond donors (Lipinski definition) is 0. The van der Waals surface area contributed by atoms with Crippen molar-refractivity contribution in [2.45, 2.75) is 0 Å². The summed E-state index contributed by atoms with van der Waals surface area (Å²) < 4.78 is 10.0. The number of thiophene rings is 1. The molecule has 0 unspecified atom stereocenters. The second-order valence-corrected chi connectivity index (χ2v) is 13.5. The summed E-state index contributed by atoms with van der Waals surface area (Å²) in [5, 5.41) is 5.31. The standard InChI is InChI=1S/C40H22N4OS2/c1-3-11-23(12-4-1)37-42-38(44-39(43-37)27-17-10-20-33-36(27)25-15-7-8-19-32(25)46-33)26-16-9-18-30-35(26)28-21-29-34(22-31(28)45-30)47-40(41-29)24-13-5-2-6-14-24/h1-22H. The number of rotatable bonds is 4. The van der Waals surface area contributed by atoms with Gasteiger partial charge in [-0.1, -0.05) is 103 Å². The highest BCUT2D eigenvalue weighted by atomic mass is 32.1. The van der Waals surface area contributed by atoms with Gasteiger partial charge in [0.25, 0.3) is 0 Å². The van der Waals surface area contributed by atoms with Crippen LogP contribution in [0.1, 0.15) is 0 Å². The van der Waals surface area contributed by atoms with Gasteiger partial charge >= 0.3 is 0 Å². The third-order valence-electron chi connectivity index (χ3n) is 8.58. The van der Waals surface area contributed by atoms with Crippen molar-refractivity contribution in [3.05, 3.63) is 133 Å². The Morgan fingerprint density at radius 2 is 1.09 bits per heavy atom. The highest BCUT2D eigenvalue weighted by molar-refractivity contribution is 7.26. The Hall–Kier alpha value is -5.76. The van der Waals surface area contributed by atoms with Gasteiger partial charge in [0.2, 0.25) is 0 Å². The first kappa shape index (κ1) is 26.5. The fourth-order valence-electron chi connectivity index (χ4n) is 6.43. The second kappa shape index (κ2) is 10.4. The van der Waals surface area contributed by atoms with Gasteiger partial charge in [-0.15, -0.1) is 22.7 Å². The van der Waals surface area contributed by atoms with Crippen LogP contribution in [0.2, 0.25) is 0 Å². The Bertz CT molecular complexity index is 2800. The maximum Gasteiger partial charge on any atom is 0.164 e. The molecule has 4 aromatic heterocycles. The highest BCUT2D eigenvalue weighted by Gasteiger charge is 2.20. The molecular formula is C40H22N4OS2. The van der Waals surface area contributed by atoms with Gasteiger partial charge < -0.3 is 4.42 Å². The SMILES string of the molecule is c1ccc(-c2nc(-c3cccc4oc5cc6sc(-c7ccccc7)nc6cc5c34)nc(-c3cccc4sc5ccccc5c34)n2)cc1. The molecule has 10 aromatic rings. The van der Waals surface area contributed by atoms with Gasteiger partial charge in [0, 0.05) is 59.3 Å². The lowest BCUT2D eigenvalue weighted by Gasteiger charge is -2.10. The average Bonchev–Trinajstić information content (AvgIpc) is 3.84. The summed E-state index contributed by atoms with van der Waals surface area (Å²) >= 11 is 3.46. The minimum Gasteiger partial charge on any atom is -0.456 e. The van der Waals surface area contributed by atoms with Crippen molar-refractivity contribution in [1.82, 2.24) is 19.9 Å². The number of benzene rings is 6. The zero-order valence-electron chi connectivity index (χ0n) is 24.7. The van der Waals surface area contributed by atoms with E-state index in [4.69, 9.17) is 24.4 Å². The van der Waals surface area contributed by atoms with Crippen LogP contribution in [0.4, 0.5) is 0 Å². The molecule has 0 saturated carbocycles. The molecule has 0 aliphatic carbocycles. The summed E-state index contributed by atoms with van der Waals surface area (Å²) in [6.07, 6.45) is 0. The van der Waals surface area contributed by atoms with Gasteiger partial charge in [-0.05, 0) is 24.3 Å². The maximum absolute atomic E-state index is 6.47. The van der Waals surface area contributed by atoms with Crippen LogP contribution in [0.3, 0.4) is 0 Å². The lowest BCUT2D eigenvalue weighted by molar-refractivity contribution is 0.669. The molecule has 220 valence electrons. The van der Waals surface area contributed by atoms with Crippen molar-refractivity contribution in [3.8, 4) is 44.7 Å². The van der Waals surface area contributed by atoms with E-state index in [1.54, 1.807) is 22.7 Å². The lowest BCUT2D eigenvalue weighted by atomic mass is 10.0. The van der Waals surface area contributed by atoms with Crippen LogP contribution in [0.5, 0.6) is 0 Å². The van der Waals surface area contributed by atoms with Crippen molar-refractivity contribution in [2.75, 3.05) is 0 Å². The molecule has 47 heavy (non-hydrogen) atoms. The third-order valence-corrected chi connectivity index (χ3v) is 10.8. The molecule has 10 rings (SSSR count). The summed E-state index contributed by atoms with van der Waals surface area (Å²) in [6.45, 7) is 0. The predicted molar refractivity (Wildman–Crippen MR) is 195 cm³/mol. The van der Waals surface area contributed by atoms with Gasteiger partial charge in [-0.3, -0.25) is 0 Å². The van der Waals surface area contributed by atoms with Gasteiger partial charge in [0.15, 0.2) is 17.5 Å². The van der Waals surface area contributed by atoms with Crippen LogP contribution < -0.4 is 0 Å². The van der Waals surface area contributed by atoms with E-state index in [0.717, 1.165) is 64.8 Å². The first-order valence-corrected chi connectivity index (χ1v) is 16.9. The summed E-state index contributed by atoms with van der Waals surface area (Å²) in [5.74, 6) is 1.87. The first-order chi connectivity index (χ1) is 23.3. The van der Waals surface area contributed by atoms with Gasteiger partial charge in [0.05, 0.1) is 10.2 Å². The van der Waals surface area contributed by atoms with E-state index in [-0.39, 0.29) is 0 Å². The van der Waals surface area contributed by atoms with Gasteiger partial charge in [-0.25, -0.2) is 19.9 Å². The number of fused-ring (bicyclic) bond motifs is 7. The summed E-state index contributed by atoms with van der Waals surface area (Å²) in [5.41, 5.74) is 6.46. The molecule has 0 amide bonds. The van der Waals surface area contributed by atoms with E-state index in [0.29, 0.717) is 17.5 Å². The molecule has 7 heteroatoms. The number of aromatic nitrogens is 4. The second-order valence-electron chi connectivity index (χ2n) is 11.4. The molecule has 4 heterocycles. The molecule has 0 atom stereocenters. The van der Waals surface area contributed by atoms with Crippen LogP contribution in [-0.2, 0) is 0 Å². The predicted octanol–water partition coefficient (Wildman–Crippen LogP) is 11.4. The fourth-order valence-corrected chi connectivity index (χ4v) is 8.55. The van der Waals surface area contributed by atoms with Gasteiger partial charge in [0.1, 0.15) is 16.2 Å². The van der Waals surface area contributed by atoms with Crippen LogP contribution >= 0.6 is 22.7 Å². The van der Waals surface area contributed by atoms with E-state index < -0.39 is 0 Å². The molecule has 0 fully saturated rings. The normalized spacial score (nSPS) is 11.8.